The fourth-order valence-electron chi connectivity index (χ4n) is 2.75. The Kier molecular flexibility index (Phi) is 4.20. The van der Waals surface area contributed by atoms with Crippen LogP contribution in [0.2, 0.25) is 0 Å². The van der Waals surface area contributed by atoms with Gasteiger partial charge in [0, 0.05) is 18.5 Å². The van der Waals surface area contributed by atoms with E-state index in [-0.39, 0.29) is 6.03 Å². The van der Waals surface area contributed by atoms with Crippen molar-refractivity contribution in [3.05, 3.63) is 30.0 Å². The molecular weight excluding hydrogens is 284 g/mol. The number of nitrogens with zero attached hydrogens (tertiary/aromatic N) is 1. The molecule has 0 bridgehead atoms. The third-order valence-corrected chi connectivity index (χ3v) is 3.88. The molecule has 6 heteroatoms. The van der Waals surface area contributed by atoms with Crippen molar-refractivity contribution in [2.75, 3.05) is 20.2 Å². The monoisotopic (exact) mass is 304 g/mol. The van der Waals surface area contributed by atoms with Crippen molar-refractivity contribution in [1.82, 2.24) is 10.2 Å². The van der Waals surface area contributed by atoms with Gasteiger partial charge in [-0.05, 0) is 25.0 Å². The predicted octanol–water partition coefficient (Wildman–Crippen LogP) is 2.11. The normalized spacial score (nSPS) is 18.5. The number of hydrogen-bond acceptors (Lipinski definition) is 4. The molecule has 0 unspecified atom stereocenters. The van der Waals surface area contributed by atoms with E-state index >= 15 is 0 Å². The molecule has 2 heterocycles. The minimum Gasteiger partial charge on any atom is -0.493 e. The van der Waals surface area contributed by atoms with Gasteiger partial charge in [-0.15, -0.1) is 0 Å². The van der Waals surface area contributed by atoms with E-state index in [9.17, 15) is 9.90 Å². The number of para-hydroxylation sites is 1. The molecule has 0 spiro atoms. The second kappa shape index (κ2) is 6.27. The van der Waals surface area contributed by atoms with Crippen molar-refractivity contribution < 1.29 is 19.1 Å². The Labute approximate surface area is 128 Å². The molecule has 1 aliphatic rings. The molecule has 6 nitrogen and oxygen atoms in total. The second-order valence-corrected chi connectivity index (χ2v) is 5.49. The van der Waals surface area contributed by atoms with Crippen LogP contribution in [0.4, 0.5) is 4.79 Å². The maximum Gasteiger partial charge on any atom is 0.317 e. The van der Waals surface area contributed by atoms with Gasteiger partial charge in [0.05, 0.1) is 19.8 Å². The van der Waals surface area contributed by atoms with E-state index in [2.05, 4.69) is 5.32 Å². The van der Waals surface area contributed by atoms with Gasteiger partial charge in [-0.25, -0.2) is 4.79 Å². The number of urea groups is 1. The van der Waals surface area contributed by atoms with Crippen LogP contribution in [0, 0.1) is 0 Å². The number of fused-ring (bicyclic) bond motifs is 1. The maximum atomic E-state index is 12.1. The van der Waals surface area contributed by atoms with Crippen LogP contribution in [0.15, 0.2) is 28.7 Å². The van der Waals surface area contributed by atoms with Crippen LogP contribution in [0.5, 0.6) is 5.75 Å². The van der Waals surface area contributed by atoms with Crippen molar-refractivity contribution in [2.24, 2.45) is 0 Å². The molecule has 2 aromatic rings. The number of ether oxygens (including phenoxy) is 1. The zero-order valence-corrected chi connectivity index (χ0v) is 12.5. The number of hydrogen-bond donors (Lipinski definition) is 2. The van der Waals surface area contributed by atoms with Crippen LogP contribution in [0.1, 0.15) is 18.6 Å². The van der Waals surface area contributed by atoms with Crippen molar-refractivity contribution >= 4 is 17.0 Å². The molecule has 0 aliphatic carbocycles. The maximum absolute atomic E-state index is 12.1. The zero-order valence-electron chi connectivity index (χ0n) is 12.5. The van der Waals surface area contributed by atoms with Crippen LogP contribution in [0.3, 0.4) is 0 Å². The van der Waals surface area contributed by atoms with E-state index in [1.54, 1.807) is 12.0 Å². The van der Waals surface area contributed by atoms with E-state index in [0.717, 1.165) is 18.2 Å². The summed E-state index contributed by atoms with van der Waals surface area (Å²) in [6, 6.07) is 7.39. The summed E-state index contributed by atoms with van der Waals surface area (Å²) >= 11 is 0. The van der Waals surface area contributed by atoms with Gasteiger partial charge < -0.3 is 24.5 Å². The number of piperidine rings is 1. The first kappa shape index (κ1) is 14.7. The molecule has 118 valence electrons. The number of rotatable bonds is 3. The summed E-state index contributed by atoms with van der Waals surface area (Å²) in [6.07, 6.45) is 1.17. The lowest BCUT2D eigenvalue weighted by molar-refractivity contribution is 0.0840. The summed E-state index contributed by atoms with van der Waals surface area (Å²) < 4.78 is 11.0. The molecule has 1 aliphatic heterocycles. The number of nitrogens with one attached hydrogen (secondary N) is 1. The summed E-state index contributed by atoms with van der Waals surface area (Å²) in [4.78, 5) is 13.7. The van der Waals surface area contributed by atoms with E-state index in [1.807, 2.05) is 24.3 Å². The van der Waals surface area contributed by atoms with Crippen molar-refractivity contribution in [2.45, 2.75) is 25.5 Å². The van der Waals surface area contributed by atoms with Gasteiger partial charge in [0.2, 0.25) is 0 Å². The van der Waals surface area contributed by atoms with Crippen molar-refractivity contribution in [3.8, 4) is 5.75 Å². The van der Waals surface area contributed by atoms with E-state index in [0.29, 0.717) is 36.7 Å². The van der Waals surface area contributed by atoms with Crippen molar-refractivity contribution in [3.63, 3.8) is 0 Å². The Hall–Kier alpha value is -2.21. The predicted molar refractivity (Wildman–Crippen MR) is 81.8 cm³/mol. The molecule has 0 saturated carbocycles. The topological polar surface area (TPSA) is 74.9 Å². The standard InChI is InChI=1S/C16H20N2O4/c1-21-14-6-2-4-11-8-13(22-15(11)14)9-17-16(20)18-7-3-5-12(19)10-18/h2,4,6,8,12,19H,3,5,7,9-10H2,1H3,(H,17,20)/t12-/m0/s1. The molecule has 3 rings (SSSR count). The number of likely N-dealkylation sites (tertiary alicyclic amines) is 1. The van der Waals surface area contributed by atoms with Gasteiger partial charge in [0.25, 0.3) is 0 Å². The van der Waals surface area contributed by atoms with Gasteiger partial charge in [0.1, 0.15) is 5.76 Å². The lowest BCUT2D eigenvalue weighted by atomic mass is 10.1. The van der Waals surface area contributed by atoms with Gasteiger partial charge in [-0.1, -0.05) is 12.1 Å². The minimum atomic E-state index is -0.421. The number of methoxy groups -OCH3 is 1. The largest absolute Gasteiger partial charge is 0.493 e. The van der Waals surface area contributed by atoms with Gasteiger partial charge in [0.15, 0.2) is 11.3 Å². The number of furan rings is 1. The Morgan fingerprint density at radius 3 is 3.18 bits per heavy atom. The van der Waals surface area contributed by atoms with Crippen LogP contribution in [-0.2, 0) is 6.54 Å². The van der Waals surface area contributed by atoms with Gasteiger partial charge >= 0.3 is 6.03 Å². The summed E-state index contributed by atoms with van der Waals surface area (Å²) in [5.74, 6) is 1.35. The first-order chi connectivity index (χ1) is 10.7. The summed E-state index contributed by atoms with van der Waals surface area (Å²) in [6.45, 7) is 1.37. The lowest BCUT2D eigenvalue weighted by Gasteiger charge is -2.29. The molecule has 1 fully saturated rings. The van der Waals surface area contributed by atoms with E-state index in [1.165, 1.54) is 0 Å². The number of amides is 2. The quantitative estimate of drug-likeness (QED) is 0.910. The van der Waals surface area contributed by atoms with E-state index < -0.39 is 6.10 Å². The molecule has 2 N–H and O–H groups in total. The van der Waals surface area contributed by atoms with Gasteiger partial charge in [-0.2, -0.15) is 0 Å². The first-order valence-corrected chi connectivity index (χ1v) is 7.43. The number of β-amino-alcohol motifs (C(OH)–C–C–N with tert-alkyl or cyclic N) is 1. The van der Waals surface area contributed by atoms with E-state index in [4.69, 9.17) is 9.15 Å². The Bertz CT molecular complexity index is 667. The fraction of sp³-hybridized carbons (Fsp3) is 0.438. The highest BCUT2D eigenvalue weighted by Gasteiger charge is 2.22. The fourth-order valence-corrected chi connectivity index (χ4v) is 2.75. The third-order valence-electron chi connectivity index (χ3n) is 3.88. The van der Waals surface area contributed by atoms with Gasteiger partial charge in [-0.3, -0.25) is 0 Å². The molecule has 2 amide bonds. The number of aliphatic hydroxyl groups excluding tert-OH is 1. The SMILES string of the molecule is COc1cccc2cc(CNC(=O)N3CCC[C@H](O)C3)oc12. The Morgan fingerprint density at radius 1 is 1.55 bits per heavy atom. The number of carbonyl (C=O) groups is 1. The lowest BCUT2D eigenvalue weighted by Crippen LogP contribution is -2.46. The number of carbonyl (C=O) groups excluding carboxylic acids is 1. The van der Waals surface area contributed by atoms with Crippen LogP contribution in [0.25, 0.3) is 11.0 Å². The first-order valence-electron chi connectivity index (χ1n) is 7.43. The zero-order chi connectivity index (χ0) is 15.5. The summed E-state index contributed by atoms with van der Waals surface area (Å²) in [5.41, 5.74) is 0.683. The molecule has 1 aromatic heterocycles. The summed E-state index contributed by atoms with van der Waals surface area (Å²) in [5, 5.41) is 13.4. The third kappa shape index (κ3) is 3.01. The second-order valence-electron chi connectivity index (χ2n) is 5.49. The molecule has 1 saturated heterocycles. The average molecular weight is 304 g/mol. The number of benzene rings is 1. The highest BCUT2D eigenvalue weighted by molar-refractivity contribution is 5.83. The Balaban J connectivity index is 1.65. The average Bonchev–Trinajstić information content (AvgIpc) is 2.95. The minimum absolute atomic E-state index is 0.175. The molecule has 1 atom stereocenters. The molecule has 1 aromatic carbocycles. The van der Waals surface area contributed by atoms with Crippen LogP contribution in [-0.4, -0.2) is 42.3 Å². The molecule has 0 radical (unpaired) electrons. The molecule has 22 heavy (non-hydrogen) atoms. The number of aliphatic hydroxyl groups is 1. The molecular formula is C16H20N2O4. The highest BCUT2D eigenvalue weighted by atomic mass is 16.5. The smallest absolute Gasteiger partial charge is 0.317 e. The van der Waals surface area contributed by atoms with Crippen LogP contribution >= 0.6 is 0 Å². The highest BCUT2D eigenvalue weighted by Crippen LogP contribution is 2.28. The van der Waals surface area contributed by atoms with Crippen LogP contribution < -0.4 is 10.1 Å². The summed E-state index contributed by atoms with van der Waals surface area (Å²) in [7, 11) is 1.60. The Morgan fingerprint density at radius 2 is 2.41 bits per heavy atom. The van der Waals surface area contributed by atoms with Crippen molar-refractivity contribution in [1.29, 1.82) is 0 Å².